The lowest BCUT2D eigenvalue weighted by Crippen LogP contribution is -2.44. The number of halogens is 4. The van der Waals surface area contributed by atoms with Gasteiger partial charge < -0.3 is 24.8 Å². The maximum atomic E-state index is 14.4. The number of piperidine rings is 1. The van der Waals surface area contributed by atoms with Crippen molar-refractivity contribution in [1.82, 2.24) is 29.5 Å². The number of nitrogens with zero attached hydrogens (tertiary/aromatic N) is 6. The van der Waals surface area contributed by atoms with Crippen LogP contribution in [0.25, 0.3) is 11.4 Å². The molecule has 1 fully saturated rings. The van der Waals surface area contributed by atoms with Gasteiger partial charge in [-0.2, -0.15) is 22.7 Å². The number of hydrogen-bond acceptors (Lipinski definition) is 9. The van der Waals surface area contributed by atoms with Crippen LogP contribution >= 0.6 is 22.9 Å². The van der Waals surface area contributed by atoms with E-state index in [1.54, 1.807) is 17.8 Å². The first kappa shape index (κ1) is 33.2. The molecule has 12 nitrogen and oxygen atoms in total. The quantitative estimate of drug-likeness (QED) is 0.289. The summed E-state index contributed by atoms with van der Waals surface area (Å²) in [6, 6.07) is 2.74. The van der Waals surface area contributed by atoms with Gasteiger partial charge in [-0.3, -0.25) is 14.4 Å². The number of carbonyl (C=O) groups excluding carboxylic acids is 2. The third kappa shape index (κ3) is 5.99. The van der Waals surface area contributed by atoms with Gasteiger partial charge >= 0.3 is 6.18 Å². The third-order valence-corrected chi connectivity index (χ3v) is 10.9. The highest BCUT2D eigenvalue weighted by molar-refractivity contribution is 7.17. The number of aromatic nitrogens is 5. The molecule has 1 unspecified atom stereocenters. The molecule has 2 N–H and O–H groups in total. The number of hydrogen-bond donors (Lipinski definition) is 2. The summed E-state index contributed by atoms with van der Waals surface area (Å²) in [5.74, 6) is -0.303. The van der Waals surface area contributed by atoms with Crippen molar-refractivity contribution in [2.45, 2.75) is 56.7 Å². The van der Waals surface area contributed by atoms with E-state index in [2.05, 4.69) is 25.6 Å². The second kappa shape index (κ2) is 12.6. The van der Waals surface area contributed by atoms with E-state index >= 15 is 0 Å². The minimum absolute atomic E-state index is 0.0292. The Hall–Kier alpha value is -4.28. The van der Waals surface area contributed by atoms with Crippen LogP contribution in [-0.2, 0) is 27.7 Å². The lowest BCUT2D eigenvalue weighted by molar-refractivity contribution is -0.137. The van der Waals surface area contributed by atoms with E-state index in [9.17, 15) is 27.6 Å². The van der Waals surface area contributed by atoms with Gasteiger partial charge in [0.05, 0.1) is 35.7 Å². The van der Waals surface area contributed by atoms with Crippen LogP contribution in [0.2, 0.25) is 5.02 Å². The van der Waals surface area contributed by atoms with Crippen LogP contribution in [0.3, 0.4) is 0 Å². The Morgan fingerprint density at radius 2 is 2.00 bits per heavy atom. The van der Waals surface area contributed by atoms with E-state index in [0.717, 1.165) is 28.9 Å². The maximum absolute atomic E-state index is 14.4. The molecule has 0 bridgehead atoms. The van der Waals surface area contributed by atoms with Gasteiger partial charge in [0.25, 0.3) is 11.5 Å². The predicted molar refractivity (Wildman–Crippen MR) is 177 cm³/mol. The highest BCUT2D eigenvalue weighted by Crippen LogP contribution is 2.51. The molecule has 1 aliphatic carbocycles. The number of nitrogens with one attached hydrogen (secondary N) is 2. The molecule has 17 heteroatoms. The molecule has 49 heavy (non-hydrogen) atoms. The first-order valence-corrected chi connectivity index (χ1v) is 17.0. The Morgan fingerprint density at radius 1 is 1.22 bits per heavy atom. The van der Waals surface area contributed by atoms with Crippen molar-refractivity contribution in [2.75, 3.05) is 43.6 Å². The van der Waals surface area contributed by atoms with Crippen molar-refractivity contribution in [3.05, 3.63) is 73.4 Å². The van der Waals surface area contributed by atoms with Crippen molar-refractivity contribution in [3.63, 3.8) is 0 Å². The number of fused-ring (bicyclic) bond motifs is 3. The molecule has 1 spiro atoms. The fourth-order valence-electron chi connectivity index (χ4n) is 7.24. The fourth-order valence-corrected chi connectivity index (χ4v) is 8.38. The molecule has 7 rings (SSSR count). The monoisotopic (exact) mass is 716 g/mol. The van der Waals surface area contributed by atoms with Gasteiger partial charge in [0, 0.05) is 36.8 Å². The molecule has 258 valence electrons. The van der Waals surface area contributed by atoms with Crippen molar-refractivity contribution < 1.29 is 27.5 Å². The Kier molecular flexibility index (Phi) is 8.51. The van der Waals surface area contributed by atoms with Gasteiger partial charge in [-0.1, -0.05) is 35.9 Å². The van der Waals surface area contributed by atoms with E-state index in [4.69, 9.17) is 21.3 Å². The summed E-state index contributed by atoms with van der Waals surface area (Å²) in [6.07, 6.45) is 1.35. The molecule has 0 radical (unpaired) electrons. The highest BCUT2D eigenvalue weighted by Gasteiger charge is 2.49. The molecule has 4 aromatic rings. The van der Waals surface area contributed by atoms with Gasteiger partial charge in [0.2, 0.25) is 11.7 Å². The van der Waals surface area contributed by atoms with Gasteiger partial charge in [0.1, 0.15) is 11.4 Å². The molecule has 2 amide bonds. The number of amides is 2. The molecule has 1 saturated heterocycles. The van der Waals surface area contributed by atoms with Gasteiger partial charge in [-0.25, -0.2) is 4.98 Å². The smallest absolute Gasteiger partial charge is 0.377 e. The molecular weight excluding hydrogens is 685 g/mol. The van der Waals surface area contributed by atoms with Crippen LogP contribution in [0.5, 0.6) is 0 Å². The second-order valence-electron chi connectivity index (χ2n) is 12.6. The van der Waals surface area contributed by atoms with E-state index in [0.29, 0.717) is 73.9 Å². The summed E-state index contributed by atoms with van der Waals surface area (Å²) in [7, 11) is 1.57. The van der Waals surface area contributed by atoms with Crippen LogP contribution in [0.1, 0.15) is 70.8 Å². The molecule has 3 aliphatic rings. The normalized spacial score (nSPS) is 18.9. The minimum atomic E-state index is -4.59. The zero-order valence-corrected chi connectivity index (χ0v) is 28.1. The zero-order valence-electron chi connectivity index (χ0n) is 26.6. The predicted octanol–water partition coefficient (Wildman–Crippen LogP) is 4.87. The number of benzene rings is 1. The van der Waals surface area contributed by atoms with Crippen molar-refractivity contribution in [1.29, 1.82) is 0 Å². The number of alkyl halides is 3. The Balaban J connectivity index is 1.26. The SMILES string of the molecule is CNC(=O)c1cnc(N2CCC3(CC2)CC(C)c2c3c(=O)n3nc(C4=CCOCC4)nc3n2CC(=O)Nc2ccc(C(F)(F)F)cc2Cl)s1. The second-order valence-corrected chi connectivity index (χ2v) is 14.0. The van der Waals surface area contributed by atoms with Crippen LogP contribution in [0.15, 0.2) is 35.3 Å². The van der Waals surface area contributed by atoms with Crippen molar-refractivity contribution in [3.8, 4) is 0 Å². The highest BCUT2D eigenvalue weighted by atomic mass is 35.5. The standard InChI is InChI=1S/C32H32ClF3N8O4S/c1-17-14-31(7-9-42(10-8-31)30-38-15-22(49-30)27(46)37-2)24-25(17)43(16-23(45)39-21-4-3-19(13-20(21)33)32(34,35)36)29-40-26(41-44(29)28(24)47)18-5-11-48-12-6-18/h3-5,13,15,17H,6-12,14,16H2,1-2H3,(H,37,46)(H,39,45). The summed E-state index contributed by atoms with van der Waals surface area (Å²) in [4.78, 5) is 52.0. The first-order chi connectivity index (χ1) is 23.4. The Bertz CT molecular complexity index is 2060. The summed E-state index contributed by atoms with van der Waals surface area (Å²) in [6.45, 7) is 3.82. The van der Waals surface area contributed by atoms with Gasteiger partial charge in [-0.05, 0) is 55.4 Å². The summed E-state index contributed by atoms with van der Waals surface area (Å²) in [5.41, 5.74) is 0.426. The van der Waals surface area contributed by atoms with E-state index in [-0.39, 0.29) is 40.4 Å². The summed E-state index contributed by atoms with van der Waals surface area (Å²) in [5, 5.41) is 10.4. The van der Waals surface area contributed by atoms with E-state index in [1.165, 1.54) is 15.9 Å². The van der Waals surface area contributed by atoms with Gasteiger partial charge in [-0.15, -0.1) is 5.10 Å². The van der Waals surface area contributed by atoms with Crippen LogP contribution < -0.4 is 21.1 Å². The fraction of sp³-hybridized carbons (Fsp3) is 0.438. The number of rotatable bonds is 6. The molecule has 2 aliphatic heterocycles. The molecule has 0 saturated carbocycles. The van der Waals surface area contributed by atoms with Crippen LogP contribution in [0.4, 0.5) is 24.0 Å². The van der Waals surface area contributed by atoms with Crippen LogP contribution in [0, 0.1) is 0 Å². The lowest BCUT2D eigenvalue weighted by Gasteiger charge is -2.39. The minimum Gasteiger partial charge on any atom is -0.377 e. The molecule has 1 aromatic carbocycles. The van der Waals surface area contributed by atoms with Crippen molar-refractivity contribution in [2.24, 2.45) is 0 Å². The summed E-state index contributed by atoms with van der Waals surface area (Å²) < 4.78 is 48.1. The molecule has 1 atom stereocenters. The number of thiazole rings is 1. The summed E-state index contributed by atoms with van der Waals surface area (Å²) >= 11 is 7.46. The molecule has 3 aromatic heterocycles. The van der Waals surface area contributed by atoms with Crippen molar-refractivity contribution >= 4 is 56.9 Å². The van der Waals surface area contributed by atoms with Gasteiger partial charge in [0.15, 0.2) is 11.0 Å². The largest absolute Gasteiger partial charge is 0.416 e. The molecular formula is C32H32ClF3N8O4S. The average Bonchev–Trinajstić information content (AvgIpc) is 3.81. The van der Waals surface area contributed by atoms with E-state index < -0.39 is 23.1 Å². The number of carbonyl (C=O) groups is 2. The lowest BCUT2D eigenvalue weighted by atomic mass is 9.74. The molecule has 5 heterocycles. The van der Waals surface area contributed by atoms with Crippen LogP contribution in [-0.4, -0.2) is 69.3 Å². The number of ether oxygens (including phenoxy) is 1. The number of anilines is 2. The maximum Gasteiger partial charge on any atom is 0.416 e. The Labute approximate surface area is 286 Å². The van der Waals surface area contributed by atoms with E-state index in [1.807, 2.05) is 13.0 Å². The average molecular weight is 717 g/mol. The topological polar surface area (TPSA) is 136 Å². The zero-order chi connectivity index (χ0) is 34.7. The Morgan fingerprint density at radius 3 is 2.67 bits per heavy atom. The third-order valence-electron chi connectivity index (χ3n) is 9.54. The first-order valence-electron chi connectivity index (χ1n) is 15.8.